The molecule has 0 bridgehead atoms. The number of rotatable bonds is 5. The largest absolute Gasteiger partial charge is 0.481 e. The average Bonchev–Trinajstić information content (AvgIpc) is 2.37. The minimum Gasteiger partial charge on any atom is -0.481 e. The molecule has 0 amide bonds. The van der Waals surface area contributed by atoms with E-state index in [4.69, 9.17) is 9.84 Å². The molecule has 4 heteroatoms. The van der Waals surface area contributed by atoms with Crippen molar-refractivity contribution in [3.8, 4) is 0 Å². The fraction of sp³-hybridized carbons (Fsp3) is 0.500. The van der Waals surface area contributed by atoms with Crippen molar-refractivity contribution in [1.82, 2.24) is 4.90 Å². The molecular weight excluding hydrogens is 230 g/mol. The maximum Gasteiger partial charge on any atom is 0.306 e. The number of morpholine rings is 1. The van der Waals surface area contributed by atoms with Gasteiger partial charge < -0.3 is 9.84 Å². The summed E-state index contributed by atoms with van der Waals surface area (Å²) in [7, 11) is 0. The quantitative estimate of drug-likeness (QED) is 0.857. The molecule has 4 nitrogen and oxygen atoms in total. The number of hydrogen-bond acceptors (Lipinski definition) is 3. The Morgan fingerprint density at radius 2 is 2.17 bits per heavy atom. The Morgan fingerprint density at radius 1 is 1.39 bits per heavy atom. The van der Waals surface area contributed by atoms with E-state index in [-0.39, 0.29) is 12.5 Å². The molecule has 1 aliphatic heterocycles. The smallest absolute Gasteiger partial charge is 0.306 e. The number of carboxylic acids is 1. The van der Waals surface area contributed by atoms with Crippen molar-refractivity contribution in [2.75, 3.05) is 26.2 Å². The molecule has 98 valence electrons. The lowest BCUT2D eigenvalue weighted by atomic mass is 10.1. The fourth-order valence-electron chi connectivity index (χ4n) is 2.23. The molecule has 0 saturated carbocycles. The molecule has 1 fully saturated rings. The first-order valence-electron chi connectivity index (χ1n) is 6.34. The van der Waals surface area contributed by atoms with Crippen LogP contribution in [0.15, 0.2) is 30.3 Å². The highest BCUT2D eigenvalue weighted by molar-refractivity contribution is 5.67. The summed E-state index contributed by atoms with van der Waals surface area (Å²) < 4.78 is 5.45. The zero-order valence-electron chi connectivity index (χ0n) is 10.4. The normalized spacial score (nSPS) is 20.8. The summed E-state index contributed by atoms with van der Waals surface area (Å²) in [5.74, 6) is -0.787. The third-order valence-electron chi connectivity index (χ3n) is 3.18. The molecule has 1 aromatic rings. The van der Waals surface area contributed by atoms with Crippen molar-refractivity contribution in [2.24, 2.45) is 0 Å². The summed E-state index contributed by atoms with van der Waals surface area (Å²) in [6.07, 6.45) is 0.940. The molecule has 0 aliphatic carbocycles. The first kappa shape index (κ1) is 13.1. The molecule has 2 rings (SSSR count). The monoisotopic (exact) mass is 249 g/mol. The second-order valence-corrected chi connectivity index (χ2v) is 4.63. The van der Waals surface area contributed by atoms with Crippen LogP contribution in [0.2, 0.25) is 0 Å². The van der Waals surface area contributed by atoms with E-state index in [9.17, 15) is 4.79 Å². The predicted molar refractivity (Wildman–Crippen MR) is 68.6 cm³/mol. The van der Waals surface area contributed by atoms with Crippen molar-refractivity contribution in [2.45, 2.75) is 18.9 Å². The third kappa shape index (κ3) is 4.13. The van der Waals surface area contributed by atoms with Gasteiger partial charge in [0.05, 0.1) is 19.1 Å². The highest BCUT2D eigenvalue weighted by atomic mass is 16.5. The number of benzene rings is 1. The van der Waals surface area contributed by atoms with Gasteiger partial charge in [-0.3, -0.25) is 9.69 Å². The molecule has 0 radical (unpaired) electrons. The standard InChI is InChI=1S/C14H19NO3/c16-14(17)10-13-11-15(8-9-18-13)7-6-12-4-2-1-3-5-12/h1-5,13H,6-11H2,(H,16,17). The van der Waals surface area contributed by atoms with Gasteiger partial charge in [-0.05, 0) is 12.0 Å². The van der Waals surface area contributed by atoms with Gasteiger partial charge in [0.15, 0.2) is 0 Å². The van der Waals surface area contributed by atoms with E-state index >= 15 is 0 Å². The lowest BCUT2D eigenvalue weighted by molar-refractivity contribution is -0.142. The third-order valence-corrected chi connectivity index (χ3v) is 3.18. The van der Waals surface area contributed by atoms with Gasteiger partial charge in [-0.1, -0.05) is 30.3 Å². The number of ether oxygens (including phenoxy) is 1. The molecular formula is C14H19NO3. The minimum absolute atomic E-state index is 0.0990. The lowest BCUT2D eigenvalue weighted by Crippen LogP contribution is -2.44. The Morgan fingerprint density at radius 3 is 2.89 bits per heavy atom. The van der Waals surface area contributed by atoms with Crippen LogP contribution < -0.4 is 0 Å². The highest BCUT2D eigenvalue weighted by Gasteiger charge is 2.22. The topological polar surface area (TPSA) is 49.8 Å². The van der Waals surface area contributed by atoms with E-state index in [1.54, 1.807) is 0 Å². The number of carbonyl (C=O) groups is 1. The number of carboxylic acid groups (broad SMARTS) is 1. The van der Waals surface area contributed by atoms with E-state index in [1.807, 2.05) is 18.2 Å². The van der Waals surface area contributed by atoms with Crippen LogP contribution in [0.3, 0.4) is 0 Å². The maximum absolute atomic E-state index is 10.7. The second-order valence-electron chi connectivity index (χ2n) is 4.63. The Bertz CT molecular complexity index is 380. The fourth-order valence-corrected chi connectivity index (χ4v) is 2.23. The van der Waals surface area contributed by atoms with E-state index in [2.05, 4.69) is 17.0 Å². The second kappa shape index (κ2) is 6.52. The molecule has 1 saturated heterocycles. The molecule has 0 spiro atoms. The first-order chi connectivity index (χ1) is 8.74. The summed E-state index contributed by atoms with van der Waals surface area (Å²) in [5.41, 5.74) is 1.32. The average molecular weight is 249 g/mol. The van der Waals surface area contributed by atoms with Gasteiger partial charge in [-0.25, -0.2) is 0 Å². The molecule has 1 aromatic carbocycles. The number of hydrogen-bond donors (Lipinski definition) is 1. The van der Waals surface area contributed by atoms with Crippen LogP contribution in [0.5, 0.6) is 0 Å². The van der Waals surface area contributed by atoms with Gasteiger partial charge in [0.1, 0.15) is 0 Å². The summed E-state index contributed by atoms with van der Waals surface area (Å²) in [5, 5.41) is 8.76. The van der Waals surface area contributed by atoms with Crippen LogP contribution >= 0.6 is 0 Å². The Kier molecular flexibility index (Phi) is 4.73. The van der Waals surface area contributed by atoms with Crippen LogP contribution in [-0.2, 0) is 16.0 Å². The molecule has 1 unspecified atom stereocenters. The first-order valence-corrected chi connectivity index (χ1v) is 6.34. The SMILES string of the molecule is O=C(O)CC1CN(CCc2ccccc2)CCO1. The molecule has 1 heterocycles. The minimum atomic E-state index is -0.787. The van der Waals surface area contributed by atoms with Gasteiger partial charge in [0, 0.05) is 19.6 Å². The molecule has 0 aromatic heterocycles. The highest BCUT2D eigenvalue weighted by Crippen LogP contribution is 2.10. The van der Waals surface area contributed by atoms with Gasteiger partial charge in [-0.2, -0.15) is 0 Å². The van der Waals surface area contributed by atoms with Crippen molar-refractivity contribution < 1.29 is 14.6 Å². The van der Waals surface area contributed by atoms with Crippen molar-refractivity contribution in [1.29, 1.82) is 0 Å². The number of nitrogens with zero attached hydrogens (tertiary/aromatic N) is 1. The Balaban J connectivity index is 1.77. The Labute approximate surface area is 107 Å². The summed E-state index contributed by atoms with van der Waals surface area (Å²) in [6, 6.07) is 10.3. The number of aliphatic carboxylic acids is 1. The molecule has 1 N–H and O–H groups in total. The van der Waals surface area contributed by atoms with Gasteiger partial charge in [0.2, 0.25) is 0 Å². The summed E-state index contributed by atoms with van der Waals surface area (Å²) >= 11 is 0. The zero-order chi connectivity index (χ0) is 12.8. The van der Waals surface area contributed by atoms with Gasteiger partial charge in [-0.15, -0.1) is 0 Å². The van der Waals surface area contributed by atoms with Crippen LogP contribution in [0.25, 0.3) is 0 Å². The van der Waals surface area contributed by atoms with E-state index in [1.165, 1.54) is 5.56 Å². The summed E-state index contributed by atoms with van der Waals surface area (Å²) in [6.45, 7) is 3.21. The van der Waals surface area contributed by atoms with Crippen LogP contribution in [-0.4, -0.2) is 48.3 Å². The van der Waals surface area contributed by atoms with E-state index < -0.39 is 5.97 Å². The van der Waals surface area contributed by atoms with Crippen LogP contribution in [0.4, 0.5) is 0 Å². The lowest BCUT2D eigenvalue weighted by Gasteiger charge is -2.32. The molecule has 1 aliphatic rings. The van der Waals surface area contributed by atoms with Crippen molar-refractivity contribution in [3.05, 3.63) is 35.9 Å². The zero-order valence-corrected chi connectivity index (χ0v) is 10.4. The van der Waals surface area contributed by atoms with Crippen molar-refractivity contribution in [3.63, 3.8) is 0 Å². The Hall–Kier alpha value is -1.39. The molecule has 1 atom stereocenters. The van der Waals surface area contributed by atoms with Crippen molar-refractivity contribution >= 4 is 5.97 Å². The summed E-state index contributed by atoms with van der Waals surface area (Å²) in [4.78, 5) is 12.9. The van der Waals surface area contributed by atoms with Gasteiger partial charge >= 0.3 is 5.97 Å². The van der Waals surface area contributed by atoms with Crippen LogP contribution in [0.1, 0.15) is 12.0 Å². The predicted octanol–water partition coefficient (Wildman–Crippen LogP) is 1.40. The van der Waals surface area contributed by atoms with Crippen LogP contribution in [0, 0.1) is 0 Å². The maximum atomic E-state index is 10.7. The van der Waals surface area contributed by atoms with Gasteiger partial charge in [0.25, 0.3) is 0 Å². The van der Waals surface area contributed by atoms with E-state index in [0.29, 0.717) is 6.61 Å². The molecule has 18 heavy (non-hydrogen) atoms. The van der Waals surface area contributed by atoms with E-state index in [0.717, 1.165) is 26.1 Å².